The average Bonchev–Trinajstić information content (AvgIpc) is 2.98. The first-order valence-electron chi connectivity index (χ1n) is 9.38. The quantitative estimate of drug-likeness (QED) is 0.860. The highest BCUT2D eigenvalue weighted by Gasteiger charge is 2.42. The summed E-state index contributed by atoms with van der Waals surface area (Å²) in [5.41, 5.74) is 1.13. The third-order valence-corrected chi connectivity index (χ3v) is 5.80. The van der Waals surface area contributed by atoms with Gasteiger partial charge in [0.15, 0.2) is 11.5 Å². The minimum atomic E-state index is 0.133. The van der Waals surface area contributed by atoms with Crippen LogP contribution in [-0.4, -0.2) is 50.2 Å². The van der Waals surface area contributed by atoms with E-state index in [0.29, 0.717) is 18.6 Å². The van der Waals surface area contributed by atoms with E-state index >= 15 is 0 Å². The van der Waals surface area contributed by atoms with Gasteiger partial charge in [-0.2, -0.15) is 0 Å². The molecule has 5 heteroatoms. The van der Waals surface area contributed by atoms with E-state index < -0.39 is 0 Å². The third-order valence-electron chi connectivity index (χ3n) is 5.80. The number of ether oxygens (including phenoxy) is 2. The maximum Gasteiger partial charge on any atom is 0.224 e. The zero-order valence-electron chi connectivity index (χ0n) is 15.6. The van der Waals surface area contributed by atoms with Crippen molar-refractivity contribution in [3.05, 3.63) is 23.8 Å². The standard InChI is InChI=1S/C20H30N2O3/c1-14-17(13-16-6-4-5-11-22(14)16)20(23)21-10-9-15-7-8-18(24-2)19(12-15)25-3/h7-8,12,14,16-17H,4-6,9-11,13H2,1-3H3,(H,21,23)/t14-,16+,17+/m0/s1. The number of benzene rings is 1. The Kier molecular flexibility index (Phi) is 5.84. The van der Waals surface area contributed by atoms with Gasteiger partial charge in [0.1, 0.15) is 0 Å². The Morgan fingerprint density at radius 3 is 2.76 bits per heavy atom. The Hall–Kier alpha value is -1.75. The maximum absolute atomic E-state index is 12.6. The summed E-state index contributed by atoms with van der Waals surface area (Å²) in [5.74, 6) is 1.80. The molecule has 138 valence electrons. The second-order valence-electron chi connectivity index (χ2n) is 7.20. The van der Waals surface area contributed by atoms with Crippen molar-refractivity contribution < 1.29 is 14.3 Å². The largest absolute Gasteiger partial charge is 0.493 e. The molecule has 0 aromatic heterocycles. The lowest BCUT2D eigenvalue weighted by Crippen LogP contribution is -2.42. The number of hydrogen-bond donors (Lipinski definition) is 1. The fourth-order valence-corrected chi connectivity index (χ4v) is 4.36. The smallest absolute Gasteiger partial charge is 0.224 e. The minimum absolute atomic E-state index is 0.133. The van der Waals surface area contributed by atoms with Crippen molar-refractivity contribution in [1.82, 2.24) is 10.2 Å². The van der Waals surface area contributed by atoms with Crippen LogP contribution < -0.4 is 14.8 Å². The molecule has 0 spiro atoms. The highest BCUT2D eigenvalue weighted by Crippen LogP contribution is 2.35. The number of methoxy groups -OCH3 is 2. The van der Waals surface area contributed by atoms with Gasteiger partial charge in [-0.3, -0.25) is 9.69 Å². The van der Waals surface area contributed by atoms with E-state index in [-0.39, 0.29) is 11.8 Å². The molecule has 3 atom stereocenters. The molecule has 2 saturated heterocycles. The van der Waals surface area contributed by atoms with Gasteiger partial charge in [-0.05, 0) is 56.8 Å². The molecular formula is C20H30N2O3. The van der Waals surface area contributed by atoms with Crippen molar-refractivity contribution in [3.63, 3.8) is 0 Å². The Morgan fingerprint density at radius 2 is 2.04 bits per heavy atom. The molecule has 2 fully saturated rings. The van der Waals surface area contributed by atoms with E-state index in [1.807, 2.05) is 18.2 Å². The molecule has 2 aliphatic heterocycles. The molecule has 5 nitrogen and oxygen atoms in total. The number of carbonyl (C=O) groups is 1. The normalized spacial score (nSPS) is 26.1. The van der Waals surface area contributed by atoms with E-state index in [0.717, 1.165) is 36.4 Å². The maximum atomic E-state index is 12.6. The van der Waals surface area contributed by atoms with Crippen LogP contribution in [-0.2, 0) is 11.2 Å². The lowest BCUT2D eigenvalue weighted by atomic mass is 9.97. The Balaban J connectivity index is 1.51. The lowest BCUT2D eigenvalue weighted by Gasteiger charge is -2.32. The van der Waals surface area contributed by atoms with E-state index in [4.69, 9.17) is 9.47 Å². The fraction of sp³-hybridized carbons (Fsp3) is 0.650. The highest BCUT2D eigenvalue weighted by molar-refractivity contribution is 5.79. The summed E-state index contributed by atoms with van der Waals surface area (Å²) in [7, 11) is 3.27. The molecule has 2 heterocycles. The summed E-state index contributed by atoms with van der Waals surface area (Å²) in [6.45, 7) is 4.02. The van der Waals surface area contributed by atoms with Crippen molar-refractivity contribution in [2.24, 2.45) is 5.92 Å². The van der Waals surface area contributed by atoms with Gasteiger partial charge in [-0.15, -0.1) is 0 Å². The summed E-state index contributed by atoms with van der Waals surface area (Å²) in [4.78, 5) is 15.2. The number of nitrogens with zero attached hydrogens (tertiary/aromatic N) is 1. The van der Waals surface area contributed by atoms with E-state index in [9.17, 15) is 4.79 Å². The number of amides is 1. The first-order chi connectivity index (χ1) is 12.1. The number of carbonyl (C=O) groups excluding carboxylic acids is 1. The van der Waals surface area contributed by atoms with Gasteiger partial charge in [0.25, 0.3) is 0 Å². The van der Waals surface area contributed by atoms with Crippen molar-refractivity contribution in [1.29, 1.82) is 0 Å². The van der Waals surface area contributed by atoms with Gasteiger partial charge in [0.05, 0.1) is 20.1 Å². The van der Waals surface area contributed by atoms with Crippen molar-refractivity contribution in [3.8, 4) is 11.5 Å². The third kappa shape index (κ3) is 3.92. The SMILES string of the molecule is COc1ccc(CCNC(=O)[C@@H]2C[C@H]3CCCCN3[C@H]2C)cc1OC. The number of nitrogens with one attached hydrogen (secondary N) is 1. The predicted octanol–water partition coefficient (Wildman–Crippen LogP) is 2.63. The van der Waals surface area contributed by atoms with Crippen LogP contribution in [0, 0.1) is 5.92 Å². The van der Waals surface area contributed by atoms with Crippen LogP contribution in [0.1, 0.15) is 38.2 Å². The van der Waals surface area contributed by atoms with Crippen molar-refractivity contribution in [2.45, 2.75) is 51.1 Å². The Labute approximate surface area is 150 Å². The van der Waals surface area contributed by atoms with E-state index in [1.54, 1.807) is 14.2 Å². The molecule has 0 unspecified atom stereocenters. The molecule has 0 saturated carbocycles. The molecule has 0 radical (unpaired) electrons. The summed E-state index contributed by atoms with van der Waals surface area (Å²) >= 11 is 0. The van der Waals surface area contributed by atoms with Crippen LogP contribution in [0.2, 0.25) is 0 Å². The topological polar surface area (TPSA) is 50.8 Å². The van der Waals surface area contributed by atoms with Crippen LogP contribution in [0.15, 0.2) is 18.2 Å². The molecule has 0 bridgehead atoms. The molecule has 0 aliphatic carbocycles. The summed E-state index contributed by atoms with van der Waals surface area (Å²) in [6.07, 6.45) is 5.64. The summed E-state index contributed by atoms with van der Waals surface area (Å²) < 4.78 is 10.6. The molecule has 1 aromatic rings. The number of piperidine rings is 1. The second kappa shape index (κ2) is 8.09. The second-order valence-corrected chi connectivity index (χ2v) is 7.20. The number of hydrogen-bond acceptors (Lipinski definition) is 4. The lowest BCUT2D eigenvalue weighted by molar-refractivity contribution is -0.125. The summed E-state index contributed by atoms with van der Waals surface area (Å²) in [6, 6.07) is 6.89. The van der Waals surface area contributed by atoms with E-state index in [2.05, 4.69) is 17.1 Å². The van der Waals surface area contributed by atoms with Gasteiger partial charge in [0, 0.05) is 18.6 Å². The Bertz CT molecular complexity index is 605. The van der Waals surface area contributed by atoms with Crippen LogP contribution >= 0.6 is 0 Å². The van der Waals surface area contributed by atoms with Crippen molar-refractivity contribution in [2.75, 3.05) is 27.3 Å². The van der Waals surface area contributed by atoms with Gasteiger partial charge in [-0.25, -0.2) is 0 Å². The predicted molar refractivity (Wildman–Crippen MR) is 98.2 cm³/mol. The van der Waals surface area contributed by atoms with Crippen LogP contribution in [0.4, 0.5) is 0 Å². The van der Waals surface area contributed by atoms with Crippen LogP contribution in [0.25, 0.3) is 0 Å². The molecule has 2 aliphatic rings. The highest BCUT2D eigenvalue weighted by atomic mass is 16.5. The zero-order valence-corrected chi connectivity index (χ0v) is 15.6. The molecule has 3 rings (SSSR count). The molecular weight excluding hydrogens is 316 g/mol. The van der Waals surface area contributed by atoms with Gasteiger partial charge < -0.3 is 14.8 Å². The monoisotopic (exact) mass is 346 g/mol. The van der Waals surface area contributed by atoms with Gasteiger partial charge in [-0.1, -0.05) is 12.5 Å². The van der Waals surface area contributed by atoms with Gasteiger partial charge >= 0.3 is 0 Å². The first kappa shape index (κ1) is 18.1. The van der Waals surface area contributed by atoms with E-state index in [1.165, 1.54) is 19.3 Å². The van der Waals surface area contributed by atoms with Gasteiger partial charge in [0.2, 0.25) is 5.91 Å². The minimum Gasteiger partial charge on any atom is -0.493 e. The summed E-state index contributed by atoms with van der Waals surface area (Å²) in [5, 5.41) is 3.14. The van der Waals surface area contributed by atoms with Crippen LogP contribution in [0.5, 0.6) is 11.5 Å². The number of fused-ring (bicyclic) bond motifs is 1. The van der Waals surface area contributed by atoms with Crippen LogP contribution in [0.3, 0.4) is 0 Å². The molecule has 25 heavy (non-hydrogen) atoms. The Morgan fingerprint density at radius 1 is 1.24 bits per heavy atom. The number of rotatable bonds is 6. The van der Waals surface area contributed by atoms with Crippen molar-refractivity contribution >= 4 is 5.91 Å². The zero-order chi connectivity index (χ0) is 17.8. The molecule has 1 N–H and O–H groups in total. The molecule has 1 aromatic carbocycles. The first-order valence-corrected chi connectivity index (χ1v) is 9.38. The average molecular weight is 346 g/mol. The molecule has 1 amide bonds. The fourth-order valence-electron chi connectivity index (χ4n) is 4.36.